The molecule has 19 heavy (non-hydrogen) atoms. The van der Waals surface area contributed by atoms with Gasteiger partial charge in [0.2, 0.25) is 12.2 Å². The molecule has 0 spiro atoms. The number of rotatable bonds is 8. The fraction of sp³-hybridized carbons (Fsp3) is 0.867. The average molecular weight is 262 g/mol. The van der Waals surface area contributed by atoms with Gasteiger partial charge in [0.05, 0.1) is 13.1 Å². The number of hydrogen-bond donors (Lipinski definition) is 0. The molecule has 0 N–H and O–H groups in total. The summed E-state index contributed by atoms with van der Waals surface area (Å²) in [6.45, 7) is 1.24. The lowest BCUT2D eigenvalue weighted by molar-refractivity contribution is 0.154. The molecule has 0 radical (unpaired) electrons. The van der Waals surface area contributed by atoms with E-state index in [-0.39, 0.29) is 0 Å². The molecule has 2 saturated carbocycles. The van der Waals surface area contributed by atoms with Crippen molar-refractivity contribution in [1.29, 1.82) is 0 Å². The predicted octanol–water partition coefficient (Wildman–Crippen LogP) is 3.02. The van der Waals surface area contributed by atoms with E-state index in [1.165, 1.54) is 38.5 Å². The summed E-state index contributed by atoms with van der Waals surface area (Å²) in [5.74, 6) is 1.70. The highest BCUT2D eigenvalue weighted by molar-refractivity contribution is 5.32. The standard InChI is InChI=1S/C15H22N2O2/c18-11-16-7-1-3-14-9-13-4-6-15(14,10-13)5-2-8-17-12-19/h13-14H,1-10H2. The van der Waals surface area contributed by atoms with E-state index >= 15 is 0 Å². The Morgan fingerprint density at radius 1 is 1.11 bits per heavy atom. The van der Waals surface area contributed by atoms with Crippen molar-refractivity contribution in [3.05, 3.63) is 0 Å². The minimum Gasteiger partial charge on any atom is -0.211 e. The van der Waals surface area contributed by atoms with Gasteiger partial charge >= 0.3 is 0 Å². The lowest BCUT2D eigenvalue weighted by Crippen LogP contribution is -2.25. The van der Waals surface area contributed by atoms with E-state index in [0.717, 1.165) is 24.7 Å². The molecular weight excluding hydrogens is 240 g/mol. The average Bonchev–Trinajstić information content (AvgIpc) is 2.98. The predicted molar refractivity (Wildman–Crippen MR) is 72.3 cm³/mol. The minimum absolute atomic E-state index is 0.494. The number of aliphatic imine (C=N–C) groups is 2. The Morgan fingerprint density at radius 3 is 2.53 bits per heavy atom. The van der Waals surface area contributed by atoms with Crippen molar-refractivity contribution in [1.82, 2.24) is 0 Å². The zero-order valence-electron chi connectivity index (χ0n) is 11.4. The second-order valence-electron chi connectivity index (χ2n) is 6.10. The van der Waals surface area contributed by atoms with Crippen LogP contribution in [0.3, 0.4) is 0 Å². The Labute approximate surface area is 114 Å². The Balaban J connectivity index is 1.84. The maximum absolute atomic E-state index is 10.1. The molecular formula is C15H22N2O2. The smallest absolute Gasteiger partial charge is 0.211 e. The van der Waals surface area contributed by atoms with Gasteiger partial charge in [-0.1, -0.05) is 0 Å². The zero-order valence-corrected chi connectivity index (χ0v) is 11.4. The van der Waals surface area contributed by atoms with Crippen molar-refractivity contribution < 1.29 is 9.59 Å². The van der Waals surface area contributed by atoms with Gasteiger partial charge in [-0.3, -0.25) is 0 Å². The molecule has 0 aliphatic heterocycles. The van der Waals surface area contributed by atoms with E-state index in [9.17, 15) is 9.59 Å². The first-order valence-electron chi connectivity index (χ1n) is 7.38. The van der Waals surface area contributed by atoms with Crippen LogP contribution in [0.1, 0.15) is 51.4 Å². The van der Waals surface area contributed by atoms with Gasteiger partial charge in [0.1, 0.15) is 0 Å². The lowest BCUT2D eigenvalue weighted by Gasteiger charge is -2.35. The minimum atomic E-state index is 0.494. The summed E-state index contributed by atoms with van der Waals surface area (Å²) in [6.07, 6.45) is 13.0. The molecule has 2 bridgehead atoms. The number of isocyanates is 2. The normalized spacial score (nSPS) is 31.8. The summed E-state index contributed by atoms with van der Waals surface area (Å²) in [7, 11) is 0. The van der Waals surface area contributed by atoms with Crippen molar-refractivity contribution >= 4 is 12.2 Å². The van der Waals surface area contributed by atoms with Crippen LogP contribution in [0, 0.1) is 17.3 Å². The van der Waals surface area contributed by atoms with Crippen LogP contribution in [0.2, 0.25) is 0 Å². The SMILES string of the molecule is O=C=NCCCC1CC2CCC1(CCCN=C=O)C2. The summed E-state index contributed by atoms with van der Waals surface area (Å²) in [6, 6.07) is 0. The maximum atomic E-state index is 10.1. The molecule has 0 aromatic rings. The fourth-order valence-electron chi connectivity index (χ4n) is 4.37. The highest BCUT2D eigenvalue weighted by atomic mass is 16.1. The molecule has 0 saturated heterocycles. The van der Waals surface area contributed by atoms with E-state index in [2.05, 4.69) is 9.98 Å². The Morgan fingerprint density at radius 2 is 1.84 bits per heavy atom. The van der Waals surface area contributed by atoms with Crippen LogP contribution in [0.25, 0.3) is 0 Å². The molecule has 2 rings (SSSR count). The zero-order chi connectivity index (χ0) is 13.6. The van der Waals surface area contributed by atoms with E-state index in [1.54, 1.807) is 12.2 Å². The van der Waals surface area contributed by atoms with E-state index < -0.39 is 0 Å². The number of fused-ring (bicyclic) bond motifs is 2. The second kappa shape index (κ2) is 6.79. The van der Waals surface area contributed by atoms with Crippen LogP contribution in [-0.4, -0.2) is 25.2 Å². The molecule has 0 aromatic heterocycles. The third-order valence-electron chi connectivity index (χ3n) is 5.13. The maximum Gasteiger partial charge on any atom is 0.234 e. The molecule has 4 heteroatoms. The molecule has 0 aromatic carbocycles. The van der Waals surface area contributed by atoms with Crippen molar-refractivity contribution in [3.8, 4) is 0 Å². The Hall–Kier alpha value is -1.24. The van der Waals surface area contributed by atoms with Gasteiger partial charge in [-0.05, 0) is 68.6 Å². The van der Waals surface area contributed by atoms with Crippen LogP contribution < -0.4 is 0 Å². The van der Waals surface area contributed by atoms with Crippen LogP contribution in [-0.2, 0) is 9.59 Å². The van der Waals surface area contributed by atoms with Crippen molar-refractivity contribution in [2.75, 3.05) is 13.1 Å². The van der Waals surface area contributed by atoms with Gasteiger partial charge in [-0.15, -0.1) is 0 Å². The summed E-state index contributed by atoms with van der Waals surface area (Å²) in [5.41, 5.74) is 0.494. The molecule has 2 fully saturated rings. The molecule has 104 valence electrons. The highest BCUT2D eigenvalue weighted by Crippen LogP contribution is 2.61. The lowest BCUT2D eigenvalue weighted by atomic mass is 9.70. The largest absolute Gasteiger partial charge is 0.234 e. The third kappa shape index (κ3) is 3.40. The van der Waals surface area contributed by atoms with Crippen molar-refractivity contribution in [2.45, 2.75) is 51.4 Å². The van der Waals surface area contributed by atoms with Crippen LogP contribution in [0.4, 0.5) is 0 Å². The van der Waals surface area contributed by atoms with Gasteiger partial charge in [0.15, 0.2) is 0 Å². The summed E-state index contributed by atoms with van der Waals surface area (Å²) < 4.78 is 0. The first-order chi connectivity index (χ1) is 9.30. The summed E-state index contributed by atoms with van der Waals surface area (Å²) in [4.78, 5) is 27.5. The highest BCUT2D eigenvalue weighted by Gasteiger charge is 2.50. The first kappa shape index (κ1) is 14.2. The Kier molecular flexibility index (Phi) is 5.07. The van der Waals surface area contributed by atoms with Gasteiger partial charge in [-0.2, -0.15) is 0 Å². The van der Waals surface area contributed by atoms with Crippen LogP contribution in [0.5, 0.6) is 0 Å². The molecule has 3 unspecified atom stereocenters. The van der Waals surface area contributed by atoms with Crippen LogP contribution >= 0.6 is 0 Å². The molecule has 4 nitrogen and oxygen atoms in total. The molecule has 3 atom stereocenters. The third-order valence-corrected chi connectivity index (χ3v) is 5.13. The van der Waals surface area contributed by atoms with Gasteiger partial charge in [-0.25, -0.2) is 19.6 Å². The molecule has 2 aliphatic rings. The van der Waals surface area contributed by atoms with Gasteiger partial charge in [0.25, 0.3) is 0 Å². The van der Waals surface area contributed by atoms with Gasteiger partial charge in [0, 0.05) is 0 Å². The fourth-order valence-corrected chi connectivity index (χ4v) is 4.37. The van der Waals surface area contributed by atoms with E-state index in [1.807, 2.05) is 0 Å². The summed E-state index contributed by atoms with van der Waals surface area (Å²) in [5, 5.41) is 0. The molecule has 0 heterocycles. The number of carbonyl (C=O) groups excluding carboxylic acids is 2. The summed E-state index contributed by atoms with van der Waals surface area (Å²) >= 11 is 0. The number of hydrogen-bond acceptors (Lipinski definition) is 4. The van der Waals surface area contributed by atoms with Gasteiger partial charge < -0.3 is 0 Å². The molecule has 0 amide bonds. The molecule has 2 aliphatic carbocycles. The van der Waals surface area contributed by atoms with E-state index in [0.29, 0.717) is 18.5 Å². The monoisotopic (exact) mass is 262 g/mol. The first-order valence-corrected chi connectivity index (χ1v) is 7.38. The quantitative estimate of drug-likeness (QED) is 0.383. The van der Waals surface area contributed by atoms with E-state index in [4.69, 9.17) is 0 Å². The topological polar surface area (TPSA) is 58.9 Å². The Bertz CT molecular complexity index is 397. The van der Waals surface area contributed by atoms with Crippen LogP contribution in [0.15, 0.2) is 9.98 Å². The second-order valence-corrected chi connectivity index (χ2v) is 6.10. The van der Waals surface area contributed by atoms with Crippen molar-refractivity contribution in [3.63, 3.8) is 0 Å². The number of nitrogens with zero attached hydrogens (tertiary/aromatic N) is 2. The van der Waals surface area contributed by atoms with Crippen molar-refractivity contribution in [2.24, 2.45) is 27.2 Å².